The molecule has 0 saturated heterocycles. The van der Waals surface area contributed by atoms with E-state index in [0.717, 1.165) is 0 Å². The van der Waals surface area contributed by atoms with Crippen LogP contribution in [0, 0.1) is 0 Å². The Morgan fingerprint density at radius 1 is 1.25 bits per heavy atom. The lowest BCUT2D eigenvalue weighted by atomic mass is 10.3. The molecule has 0 fully saturated rings. The van der Waals surface area contributed by atoms with Gasteiger partial charge in [-0.25, -0.2) is 9.59 Å². The minimum Gasteiger partial charge on any atom is -0.480 e. The molecule has 0 aliphatic heterocycles. The van der Waals surface area contributed by atoms with Crippen molar-refractivity contribution in [3.05, 3.63) is 0 Å². The molecule has 0 aliphatic carbocycles. The van der Waals surface area contributed by atoms with Gasteiger partial charge in [0.05, 0.1) is 0 Å². The maximum atomic E-state index is 11.7. The summed E-state index contributed by atoms with van der Waals surface area (Å²) in [6.45, 7) is 2.57. The van der Waals surface area contributed by atoms with Gasteiger partial charge in [-0.1, -0.05) is 0 Å². The first kappa shape index (κ1) is 17.8. The number of nitrogens with zero attached hydrogens (tertiary/aromatic N) is 1. The number of carbonyl (C=O) groups excluding carboxylic acids is 3. The third kappa shape index (κ3) is 7.31. The predicted molar refractivity (Wildman–Crippen MR) is 67.9 cm³/mol. The number of hydrogen-bond donors (Lipinski definition) is 3. The van der Waals surface area contributed by atoms with E-state index >= 15 is 0 Å². The number of aliphatic carboxylic acids is 1. The molecule has 0 radical (unpaired) electrons. The standard InChI is InChI=1S/C11H19N3O6/c1-4-14(3)10(18)7(2)12-11(19)13-8(15)5-20-6-9(16)17/h7H,4-6H2,1-3H3,(H,16,17)(H2,12,13,15,19). The van der Waals surface area contributed by atoms with Gasteiger partial charge in [0, 0.05) is 13.6 Å². The predicted octanol–water partition coefficient (Wildman–Crippen LogP) is -1.22. The molecule has 9 heteroatoms. The van der Waals surface area contributed by atoms with Crippen LogP contribution in [0.4, 0.5) is 4.79 Å². The number of amides is 4. The molecule has 0 heterocycles. The highest BCUT2D eigenvalue weighted by atomic mass is 16.5. The molecule has 0 aromatic heterocycles. The first-order valence-electron chi connectivity index (χ1n) is 5.92. The Labute approximate surface area is 116 Å². The third-order valence-corrected chi connectivity index (χ3v) is 2.28. The van der Waals surface area contributed by atoms with E-state index in [4.69, 9.17) is 5.11 Å². The summed E-state index contributed by atoms with van der Waals surface area (Å²) in [5, 5.41) is 12.5. The average Bonchev–Trinajstić information content (AvgIpc) is 2.35. The normalized spacial score (nSPS) is 11.3. The van der Waals surface area contributed by atoms with Crippen LogP contribution < -0.4 is 10.6 Å². The molecule has 4 amide bonds. The van der Waals surface area contributed by atoms with E-state index in [0.29, 0.717) is 6.54 Å². The van der Waals surface area contributed by atoms with Crippen molar-refractivity contribution in [1.82, 2.24) is 15.5 Å². The molecule has 0 aromatic rings. The average molecular weight is 289 g/mol. The van der Waals surface area contributed by atoms with Crippen LogP contribution in [0.25, 0.3) is 0 Å². The lowest BCUT2D eigenvalue weighted by Gasteiger charge is -2.20. The Kier molecular flexibility index (Phi) is 7.90. The highest BCUT2D eigenvalue weighted by Crippen LogP contribution is 1.91. The van der Waals surface area contributed by atoms with E-state index in [1.54, 1.807) is 14.0 Å². The van der Waals surface area contributed by atoms with Gasteiger partial charge in [0.2, 0.25) is 5.91 Å². The molecule has 3 N–H and O–H groups in total. The fourth-order valence-electron chi connectivity index (χ4n) is 1.17. The van der Waals surface area contributed by atoms with Gasteiger partial charge in [0.15, 0.2) is 0 Å². The second-order valence-electron chi connectivity index (χ2n) is 3.98. The Hall–Kier alpha value is -2.16. The molecule has 0 aliphatic rings. The molecule has 1 atom stereocenters. The highest BCUT2D eigenvalue weighted by Gasteiger charge is 2.19. The van der Waals surface area contributed by atoms with Gasteiger partial charge in [0.25, 0.3) is 5.91 Å². The summed E-state index contributed by atoms with van der Waals surface area (Å²) in [6.07, 6.45) is 0. The Balaban J connectivity index is 4.06. The van der Waals surface area contributed by atoms with E-state index < -0.39 is 37.2 Å². The number of rotatable bonds is 7. The molecule has 1 unspecified atom stereocenters. The molecule has 0 aromatic carbocycles. The maximum absolute atomic E-state index is 11.7. The van der Waals surface area contributed by atoms with Gasteiger partial charge in [0.1, 0.15) is 19.3 Å². The zero-order chi connectivity index (χ0) is 15.7. The first-order chi connectivity index (χ1) is 9.27. The van der Waals surface area contributed by atoms with Crippen LogP contribution in [0.1, 0.15) is 13.8 Å². The fourth-order valence-corrected chi connectivity index (χ4v) is 1.17. The maximum Gasteiger partial charge on any atom is 0.329 e. The number of imide groups is 1. The number of carboxylic acids is 1. The van der Waals surface area contributed by atoms with E-state index in [2.05, 4.69) is 10.1 Å². The summed E-state index contributed by atoms with van der Waals surface area (Å²) >= 11 is 0. The molecule has 0 bridgehead atoms. The highest BCUT2D eigenvalue weighted by molar-refractivity contribution is 5.96. The minimum absolute atomic E-state index is 0.294. The number of carbonyl (C=O) groups is 4. The van der Waals surface area contributed by atoms with E-state index in [9.17, 15) is 19.2 Å². The van der Waals surface area contributed by atoms with Crippen molar-refractivity contribution in [2.24, 2.45) is 0 Å². The van der Waals surface area contributed by atoms with Gasteiger partial charge in [-0.05, 0) is 13.8 Å². The van der Waals surface area contributed by atoms with Crippen LogP contribution in [0.5, 0.6) is 0 Å². The summed E-state index contributed by atoms with van der Waals surface area (Å²) in [4.78, 5) is 45.8. The van der Waals surface area contributed by atoms with Crippen molar-refractivity contribution in [2.75, 3.05) is 26.8 Å². The van der Waals surface area contributed by atoms with Crippen LogP contribution in [-0.4, -0.2) is 66.7 Å². The van der Waals surface area contributed by atoms with Crippen molar-refractivity contribution in [1.29, 1.82) is 0 Å². The zero-order valence-corrected chi connectivity index (χ0v) is 11.6. The van der Waals surface area contributed by atoms with Crippen molar-refractivity contribution in [2.45, 2.75) is 19.9 Å². The number of hydrogen-bond acceptors (Lipinski definition) is 5. The molecule has 0 spiro atoms. The first-order valence-corrected chi connectivity index (χ1v) is 5.92. The number of ether oxygens (including phenoxy) is 1. The van der Waals surface area contributed by atoms with Crippen molar-refractivity contribution in [3.63, 3.8) is 0 Å². The quantitative estimate of drug-likeness (QED) is 0.539. The van der Waals surface area contributed by atoms with Crippen LogP contribution >= 0.6 is 0 Å². The molecule has 0 rings (SSSR count). The second-order valence-corrected chi connectivity index (χ2v) is 3.98. The number of nitrogens with one attached hydrogen (secondary N) is 2. The molecule has 20 heavy (non-hydrogen) atoms. The van der Waals surface area contributed by atoms with Crippen LogP contribution in [-0.2, 0) is 19.1 Å². The van der Waals surface area contributed by atoms with Crippen LogP contribution in [0.2, 0.25) is 0 Å². The summed E-state index contributed by atoms with van der Waals surface area (Å²) in [5.41, 5.74) is 0. The molecule has 0 saturated carbocycles. The Morgan fingerprint density at radius 3 is 2.35 bits per heavy atom. The minimum atomic E-state index is -1.22. The third-order valence-electron chi connectivity index (χ3n) is 2.28. The zero-order valence-electron chi connectivity index (χ0n) is 11.6. The summed E-state index contributed by atoms with van der Waals surface area (Å²) in [6, 6.07) is -1.63. The smallest absolute Gasteiger partial charge is 0.329 e. The van der Waals surface area contributed by atoms with Crippen molar-refractivity contribution < 1.29 is 29.0 Å². The summed E-state index contributed by atoms with van der Waals surface area (Å²) in [7, 11) is 1.59. The Bertz CT molecular complexity index is 384. The monoisotopic (exact) mass is 289 g/mol. The fraction of sp³-hybridized carbons (Fsp3) is 0.636. The van der Waals surface area contributed by atoms with Crippen LogP contribution in [0.15, 0.2) is 0 Å². The molecule has 9 nitrogen and oxygen atoms in total. The summed E-state index contributed by atoms with van der Waals surface area (Å²) in [5.74, 6) is -2.31. The SMILES string of the molecule is CCN(C)C(=O)C(C)NC(=O)NC(=O)COCC(=O)O. The Morgan fingerprint density at radius 2 is 1.85 bits per heavy atom. The lowest BCUT2D eigenvalue weighted by Crippen LogP contribution is -2.50. The largest absolute Gasteiger partial charge is 0.480 e. The molecule has 114 valence electrons. The van der Waals surface area contributed by atoms with E-state index in [1.165, 1.54) is 11.8 Å². The number of likely N-dealkylation sites (N-methyl/N-ethyl adjacent to an activating group) is 1. The number of urea groups is 1. The van der Waals surface area contributed by atoms with Crippen molar-refractivity contribution >= 4 is 23.8 Å². The van der Waals surface area contributed by atoms with Crippen molar-refractivity contribution in [3.8, 4) is 0 Å². The van der Waals surface area contributed by atoms with Gasteiger partial charge < -0.3 is 20.1 Å². The van der Waals surface area contributed by atoms with Gasteiger partial charge in [-0.3, -0.25) is 14.9 Å². The van der Waals surface area contributed by atoms with Gasteiger partial charge in [-0.2, -0.15) is 0 Å². The van der Waals surface area contributed by atoms with Gasteiger partial charge in [-0.15, -0.1) is 0 Å². The molecular weight excluding hydrogens is 270 g/mol. The molecular formula is C11H19N3O6. The summed E-state index contributed by atoms with van der Waals surface area (Å²) < 4.78 is 4.50. The van der Waals surface area contributed by atoms with Gasteiger partial charge >= 0.3 is 12.0 Å². The van der Waals surface area contributed by atoms with Crippen LogP contribution in [0.3, 0.4) is 0 Å². The topological polar surface area (TPSA) is 125 Å². The van der Waals surface area contributed by atoms with E-state index in [-0.39, 0.29) is 5.91 Å². The second kappa shape index (κ2) is 8.86. The lowest BCUT2D eigenvalue weighted by molar-refractivity contribution is -0.143. The van der Waals surface area contributed by atoms with E-state index in [1.807, 2.05) is 5.32 Å². The number of carboxylic acid groups (broad SMARTS) is 1.